The fourth-order valence-corrected chi connectivity index (χ4v) is 4.33. The molecule has 5 nitrogen and oxygen atoms in total. The van der Waals surface area contributed by atoms with Gasteiger partial charge in [-0.3, -0.25) is 5.32 Å². The lowest BCUT2D eigenvalue weighted by Crippen LogP contribution is -2.15. The minimum atomic E-state index is -0.434. The lowest BCUT2D eigenvalue weighted by Gasteiger charge is -2.14. The van der Waals surface area contributed by atoms with Crippen LogP contribution in [-0.2, 0) is 11.3 Å². The summed E-state index contributed by atoms with van der Waals surface area (Å²) in [5, 5.41) is 2.73. The van der Waals surface area contributed by atoms with Crippen molar-refractivity contribution in [2.24, 2.45) is 0 Å². The summed E-state index contributed by atoms with van der Waals surface area (Å²) in [6.45, 7) is 3.23. The summed E-state index contributed by atoms with van der Waals surface area (Å²) in [6.07, 6.45) is 3.42. The third-order valence-corrected chi connectivity index (χ3v) is 6.20. The van der Waals surface area contributed by atoms with Crippen molar-refractivity contribution in [2.45, 2.75) is 18.4 Å². The molecule has 1 aromatic heterocycles. The van der Waals surface area contributed by atoms with Gasteiger partial charge in [-0.05, 0) is 36.2 Å². The van der Waals surface area contributed by atoms with Gasteiger partial charge in [0, 0.05) is 40.8 Å². The van der Waals surface area contributed by atoms with Crippen LogP contribution in [0.25, 0.3) is 11.4 Å². The van der Waals surface area contributed by atoms with Gasteiger partial charge in [-0.2, -0.15) is 0 Å². The first kappa shape index (κ1) is 21.7. The van der Waals surface area contributed by atoms with Crippen molar-refractivity contribution in [1.29, 1.82) is 0 Å². The van der Waals surface area contributed by atoms with Crippen LogP contribution in [0.3, 0.4) is 0 Å². The molecule has 162 valence electrons. The molecule has 0 aliphatic carbocycles. The fraction of sp³-hybridized carbons (Fsp3) is 0.154. The molecule has 0 fully saturated rings. The zero-order valence-corrected chi connectivity index (χ0v) is 18.7. The molecule has 1 amide bonds. The molecular weight excluding hydrogens is 418 g/mol. The molecule has 0 spiro atoms. The highest BCUT2D eigenvalue weighted by Crippen LogP contribution is 2.26. The van der Waals surface area contributed by atoms with Crippen LogP contribution in [0.15, 0.2) is 96.2 Å². The monoisotopic (exact) mass is 443 g/mol. The van der Waals surface area contributed by atoms with Crippen LogP contribution in [0.1, 0.15) is 11.1 Å². The van der Waals surface area contributed by atoms with E-state index in [0.717, 1.165) is 23.6 Å². The summed E-state index contributed by atoms with van der Waals surface area (Å²) < 4.78 is 7.47. The minimum Gasteiger partial charge on any atom is -0.448 e. The number of amides is 1. The average Bonchev–Trinajstić information content (AvgIpc) is 3.28. The second kappa shape index (κ2) is 10.7. The van der Waals surface area contributed by atoms with E-state index in [1.54, 1.807) is 11.8 Å². The number of thioether (sulfide) groups is 1. The van der Waals surface area contributed by atoms with Crippen molar-refractivity contribution in [3.05, 3.63) is 102 Å². The first-order chi connectivity index (χ1) is 15.7. The fourth-order valence-electron chi connectivity index (χ4n) is 3.42. The summed E-state index contributed by atoms with van der Waals surface area (Å²) in [6, 6.07) is 25.8. The van der Waals surface area contributed by atoms with E-state index in [1.165, 1.54) is 16.0 Å². The van der Waals surface area contributed by atoms with E-state index in [1.807, 2.05) is 60.9 Å². The maximum Gasteiger partial charge on any atom is 0.411 e. The van der Waals surface area contributed by atoms with Gasteiger partial charge in [0.2, 0.25) is 0 Å². The van der Waals surface area contributed by atoms with E-state index in [-0.39, 0.29) is 0 Å². The third kappa shape index (κ3) is 5.59. The summed E-state index contributed by atoms with van der Waals surface area (Å²) in [5.74, 6) is 1.65. The molecule has 1 N–H and O–H groups in total. The highest BCUT2D eigenvalue weighted by atomic mass is 32.2. The smallest absolute Gasteiger partial charge is 0.411 e. The van der Waals surface area contributed by atoms with Gasteiger partial charge in [-0.15, -0.1) is 11.8 Å². The number of carbonyl (C=O) groups is 1. The van der Waals surface area contributed by atoms with Crippen molar-refractivity contribution >= 4 is 23.5 Å². The molecule has 3 aromatic carbocycles. The second-order valence-electron chi connectivity index (χ2n) is 7.26. The van der Waals surface area contributed by atoms with E-state index in [4.69, 9.17) is 4.74 Å². The van der Waals surface area contributed by atoms with Crippen molar-refractivity contribution < 1.29 is 9.53 Å². The number of anilines is 1. The minimum absolute atomic E-state index is 0.340. The van der Waals surface area contributed by atoms with Crippen LogP contribution in [0.2, 0.25) is 0 Å². The Hall–Kier alpha value is -3.51. The first-order valence-corrected chi connectivity index (χ1v) is 11.5. The predicted molar refractivity (Wildman–Crippen MR) is 130 cm³/mol. The lowest BCUT2D eigenvalue weighted by molar-refractivity contribution is 0.169. The number of aromatic nitrogens is 2. The summed E-state index contributed by atoms with van der Waals surface area (Å²) in [4.78, 5) is 17.7. The molecule has 32 heavy (non-hydrogen) atoms. The lowest BCUT2D eigenvalue weighted by atomic mass is 10.1. The number of nitrogens with zero attached hydrogens (tertiary/aromatic N) is 2. The predicted octanol–water partition coefficient (Wildman–Crippen LogP) is 6.25. The van der Waals surface area contributed by atoms with Gasteiger partial charge in [0.15, 0.2) is 0 Å². The van der Waals surface area contributed by atoms with Gasteiger partial charge in [0.25, 0.3) is 0 Å². The van der Waals surface area contributed by atoms with Crippen LogP contribution in [0.5, 0.6) is 0 Å². The van der Waals surface area contributed by atoms with Gasteiger partial charge in [-0.1, -0.05) is 60.7 Å². The number of benzene rings is 3. The summed E-state index contributed by atoms with van der Waals surface area (Å²) >= 11 is 1.69. The number of imidazole rings is 1. The van der Waals surface area contributed by atoms with Crippen molar-refractivity contribution in [3.8, 4) is 11.4 Å². The molecule has 1 heterocycles. The SMILES string of the molecule is Cc1c(Cn2ccnc2-c2ccccc2)cccc1SCCOC(=O)Nc1ccccc1. The molecule has 0 saturated carbocycles. The molecule has 0 atom stereocenters. The zero-order chi connectivity index (χ0) is 22.2. The molecule has 0 unspecified atom stereocenters. The van der Waals surface area contributed by atoms with Crippen LogP contribution >= 0.6 is 11.8 Å². The molecule has 0 aliphatic rings. The van der Waals surface area contributed by atoms with Crippen molar-refractivity contribution in [3.63, 3.8) is 0 Å². The highest BCUT2D eigenvalue weighted by molar-refractivity contribution is 7.99. The zero-order valence-electron chi connectivity index (χ0n) is 17.9. The summed E-state index contributed by atoms with van der Waals surface area (Å²) in [5.41, 5.74) is 4.31. The van der Waals surface area contributed by atoms with Gasteiger partial charge < -0.3 is 9.30 Å². The Labute approximate surface area is 192 Å². The van der Waals surface area contributed by atoms with E-state index < -0.39 is 6.09 Å². The van der Waals surface area contributed by atoms with E-state index in [0.29, 0.717) is 12.4 Å². The molecule has 4 aromatic rings. The number of carbonyl (C=O) groups excluding carboxylic acids is 1. The van der Waals surface area contributed by atoms with Crippen LogP contribution < -0.4 is 5.32 Å². The molecule has 0 radical (unpaired) electrons. The number of para-hydroxylation sites is 1. The maximum atomic E-state index is 11.9. The quantitative estimate of drug-likeness (QED) is 0.258. The van der Waals surface area contributed by atoms with Gasteiger partial charge >= 0.3 is 6.09 Å². The maximum absolute atomic E-state index is 11.9. The van der Waals surface area contributed by atoms with Gasteiger partial charge in [0.05, 0.1) is 0 Å². The van der Waals surface area contributed by atoms with Gasteiger partial charge in [-0.25, -0.2) is 9.78 Å². The largest absolute Gasteiger partial charge is 0.448 e. The number of nitrogens with one attached hydrogen (secondary N) is 1. The number of hydrogen-bond acceptors (Lipinski definition) is 4. The Balaban J connectivity index is 1.33. The molecule has 0 saturated heterocycles. The molecular formula is C26H25N3O2S. The third-order valence-electron chi connectivity index (χ3n) is 5.08. The second-order valence-corrected chi connectivity index (χ2v) is 8.40. The molecule has 0 bridgehead atoms. The van der Waals surface area contributed by atoms with Crippen LogP contribution in [0, 0.1) is 6.92 Å². The van der Waals surface area contributed by atoms with Crippen molar-refractivity contribution in [2.75, 3.05) is 17.7 Å². The van der Waals surface area contributed by atoms with E-state index >= 15 is 0 Å². The summed E-state index contributed by atoms with van der Waals surface area (Å²) in [7, 11) is 0. The number of rotatable bonds is 8. The Morgan fingerprint density at radius 1 is 1.00 bits per heavy atom. The van der Waals surface area contributed by atoms with Crippen molar-refractivity contribution in [1.82, 2.24) is 9.55 Å². The average molecular weight is 444 g/mol. The molecule has 4 rings (SSSR count). The topological polar surface area (TPSA) is 56.2 Å². The van der Waals surface area contributed by atoms with Gasteiger partial charge in [0.1, 0.15) is 12.4 Å². The Kier molecular flexibility index (Phi) is 7.25. The number of ether oxygens (including phenoxy) is 1. The normalized spacial score (nSPS) is 10.7. The standard InChI is InChI=1S/C26H25N3O2S/c1-20-22(19-29-16-15-27-25(29)21-9-4-2-5-10-21)11-8-14-24(20)32-18-17-31-26(30)28-23-12-6-3-7-13-23/h2-16H,17-19H2,1H3,(H,28,30). The Morgan fingerprint density at radius 3 is 2.53 bits per heavy atom. The Bertz CT molecular complexity index is 1160. The molecule has 0 aliphatic heterocycles. The number of hydrogen-bond donors (Lipinski definition) is 1. The van der Waals surface area contributed by atoms with Crippen LogP contribution in [0.4, 0.5) is 10.5 Å². The highest BCUT2D eigenvalue weighted by Gasteiger charge is 2.10. The van der Waals surface area contributed by atoms with E-state index in [9.17, 15) is 4.79 Å². The van der Waals surface area contributed by atoms with E-state index in [2.05, 4.69) is 52.1 Å². The van der Waals surface area contributed by atoms with Crippen LogP contribution in [-0.4, -0.2) is 28.0 Å². The first-order valence-electron chi connectivity index (χ1n) is 10.5. The Morgan fingerprint density at radius 2 is 1.75 bits per heavy atom. The molecule has 6 heteroatoms.